The fourth-order valence-electron chi connectivity index (χ4n) is 1.63. The van der Waals surface area contributed by atoms with E-state index in [0.717, 1.165) is 22.6 Å². The first kappa shape index (κ1) is 13.3. The van der Waals surface area contributed by atoms with E-state index in [4.69, 9.17) is 11.6 Å². The number of aliphatic hydroxyl groups excluding tert-OH is 1. The van der Waals surface area contributed by atoms with Crippen LogP contribution in [0.3, 0.4) is 0 Å². The van der Waals surface area contributed by atoms with E-state index in [0.29, 0.717) is 0 Å². The molecule has 0 saturated carbocycles. The van der Waals surface area contributed by atoms with Crippen LogP contribution in [-0.4, -0.2) is 11.7 Å². The Hall–Kier alpha value is -0.790. The molecule has 1 aromatic carbocycles. The summed E-state index contributed by atoms with van der Waals surface area (Å²) in [6.45, 7) is 6.61. The van der Waals surface area contributed by atoms with Gasteiger partial charge in [0.1, 0.15) is 0 Å². The van der Waals surface area contributed by atoms with E-state index in [1.54, 1.807) is 0 Å². The van der Waals surface area contributed by atoms with Crippen LogP contribution in [-0.2, 0) is 0 Å². The van der Waals surface area contributed by atoms with Gasteiger partial charge >= 0.3 is 0 Å². The van der Waals surface area contributed by atoms with Gasteiger partial charge in [-0.3, -0.25) is 0 Å². The molecule has 0 amide bonds. The smallest absolute Gasteiger partial charge is 0.0645 e. The van der Waals surface area contributed by atoms with E-state index in [2.05, 4.69) is 20.8 Å². The van der Waals surface area contributed by atoms with E-state index in [1.807, 2.05) is 30.3 Å². The van der Waals surface area contributed by atoms with Gasteiger partial charge in [0.05, 0.1) is 6.61 Å². The second-order valence-electron chi connectivity index (χ2n) is 5.25. The molecular weight excluding hydrogens is 220 g/mol. The van der Waals surface area contributed by atoms with Gasteiger partial charge in [-0.05, 0) is 35.1 Å². The minimum Gasteiger partial charge on any atom is -0.392 e. The zero-order valence-electron chi connectivity index (χ0n) is 10.1. The molecule has 0 unspecified atom stereocenters. The molecule has 0 fully saturated rings. The third-order valence-corrected chi connectivity index (χ3v) is 2.45. The Kier molecular flexibility index (Phi) is 4.57. The van der Waals surface area contributed by atoms with Crippen molar-refractivity contribution in [2.45, 2.75) is 27.2 Å². The van der Waals surface area contributed by atoms with E-state index in [1.165, 1.54) is 0 Å². The molecule has 1 N–H and O–H groups in total. The lowest BCUT2D eigenvalue weighted by molar-refractivity contribution is 0.306. The summed E-state index contributed by atoms with van der Waals surface area (Å²) in [5.41, 5.74) is 2.33. The summed E-state index contributed by atoms with van der Waals surface area (Å²) in [5.74, 6) is 0. The quantitative estimate of drug-likeness (QED) is 0.839. The van der Waals surface area contributed by atoms with Crippen LogP contribution in [0.1, 0.15) is 32.8 Å². The normalized spacial score (nSPS) is 12.9. The van der Waals surface area contributed by atoms with E-state index < -0.39 is 0 Å². The molecule has 0 aliphatic carbocycles. The van der Waals surface area contributed by atoms with Crippen molar-refractivity contribution in [2.24, 2.45) is 5.41 Å². The maximum atomic E-state index is 9.31. The van der Waals surface area contributed by atoms with Crippen LogP contribution in [0.25, 0.3) is 6.08 Å². The molecule has 1 aromatic rings. The first-order valence-electron chi connectivity index (χ1n) is 5.46. The monoisotopic (exact) mass is 238 g/mol. The summed E-state index contributed by atoms with van der Waals surface area (Å²) < 4.78 is 0. The van der Waals surface area contributed by atoms with Crippen LogP contribution >= 0.6 is 11.6 Å². The van der Waals surface area contributed by atoms with Crippen molar-refractivity contribution in [1.29, 1.82) is 0 Å². The topological polar surface area (TPSA) is 20.2 Å². The molecule has 0 spiro atoms. The third-order valence-electron chi connectivity index (χ3n) is 2.20. The Morgan fingerprint density at radius 3 is 2.25 bits per heavy atom. The number of aliphatic hydroxyl groups is 1. The Balaban J connectivity index is 2.83. The Labute approximate surface area is 103 Å². The van der Waals surface area contributed by atoms with Crippen LogP contribution in [0.5, 0.6) is 0 Å². The molecule has 0 saturated heterocycles. The van der Waals surface area contributed by atoms with Crippen LogP contribution in [0.4, 0.5) is 0 Å². The first-order valence-corrected chi connectivity index (χ1v) is 5.84. The van der Waals surface area contributed by atoms with Gasteiger partial charge in [0.2, 0.25) is 0 Å². The van der Waals surface area contributed by atoms with Crippen molar-refractivity contribution in [3.05, 3.63) is 40.4 Å². The average molecular weight is 239 g/mol. The first-order chi connectivity index (χ1) is 7.40. The third kappa shape index (κ3) is 4.82. The largest absolute Gasteiger partial charge is 0.392 e. The molecule has 0 radical (unpaired) electrons. The minimum absolute atomic E-state index is 0.111. The second kappa shape index (κ2) is 5.51. The maximum absolute atomic E-state index is 9.31. The van der Waals surface area contributed by atoms with Crippen molar-refractivity contribution < 1.29 is 5.11 Å². The fourth-order valence-corrected chi connectivity index (χ4v) is 1.75. The van der Waals surface area contributed by atoms with Gasteiger partial charge in [0.25, 0.3) is 0 Å². The summed E-state index contributed by atoms with van der Waals surface area (Å²) in [6.07, 6.45) is 2.92. The Morgan fingerprint density at radius 1 is 1.25 bits per heavy atom. The van der Waals surface area contributed by atoms with E-state index in [-0.39, 0.29) is 12.0 Å². The molecule has 0 heterocycles. The highest BCUT2D eigenvalue weighted by molar-refractivity contribution is 6.30. The highest BCUT2D eigenvalue weighted by Gasteiger charge is 2.12. The summed E-state index contributed by atoms with van der Waals surface area (Å²) in [4.78, 5) is 0. The van der Waals surface area contributed by atoms with E-state index in [9.17, 15) is 5.11 Å². The maximum Gasteiger partial charge on any atom is 0.0645 e. The Morgan fingerprint density at radius 2 is 1.81 bits per heavy atom. The SMILES string of the molecule is CC(C)(C)CC(=Cc1ccc(Cl)cc1)CO. The van der Waals surface area contributed by atoms with E-state index >= 15 is 0 Å². The molecule has 88 valence electrons. The fraction of sp³-hybridized carbons (Fsp3) is 0.429. The van der Waals surface area contributed by atoms with Crippen LogP contribution in [0, 0.1) is 5.41 Å². The average Bonchev–Trinajstić information content (AvgIpc) is 2.18. The van der Waals surface area contributed by atoms with Crippen molar-refractivity contribution in [3.8, 4) is 0 Å². The van der Waals surface area contributed by atoms with Gasteiger partial charge < -0.3 is 5.11 Å². The molecule has 0 aromatic heterocycles. The van der Waals surface area contributed by atoms with Crippen molar-refractivity contribution in [2.75, 3.05) is 6.61 Å². The van der Waals surface area contributed by atoms with Gasteiger partial charge in [-0.2, -0.15) is 0 Å². The van der Waals surface area contributed by atoms with Crippen molar-refractivity contribution >= 4 is 17.7 Å². The summed E-state index contributed by atoms with van der Waals surface area (Å²) in [7, 11) is 0. The molecule has 0 bridgehead atoms. The highest BCUT2D eigenvalue weighted by Crippen LogP contribution is 2.25. The Bertz CT molecular complexity index is 357. The number of hydrogen-bond donors (Lipinski definition) is 1. The summed E-state index contributed by atoms with van der Waals surface area (Å²) in [6, 6.07) is 7.64. The number of halogens is 1. The number of benzene rings is 1. The predicted molar refractivity (Wildman–Crippen MR) is 70.6 cm³/mol. The lowest BCUT2D eigenvalue weighted by Crippen LogP contribution is -2.08. The lowest BCUT2D eigenvalue weighted by atomic mass is 9.87. The molecule has 16 heavy (non-hydrogen) atoms. The van der Waals surface area contributed by atoms with Crippen molar-refractivity contribution in [3.63, 3.8) is 0 Å². The molecule has 1 rings (SSSR count). The summed E-state index contributed by atoms with van der Waals surface area (Å²) in [5, 5.41) is 10.0. The van der Waals surface area contributed by atoms with Gasteiger partial charge in [0, 0.05) is 5.02 Å². The highest BCUT2D eigenvalue weighted by atomic mass is 35.5. The predicted octanol–water partition coefficient (Wildman–Crippen LogP) is 4.15. The van der Waals surface area contributed by atoms with Gasteiger partial charge in [-0.25, -0.2) is 0 Å². The molecule has 0 aliphatic rings. The number of hydrogen-bond acceptors (Lipinski definition) is 1. The summed E-state index contributed by atoms with van der Waals surface area (Å²) >= 11 is 5.82. The van der Waals surface area contributed by atoms with Crippen LogP contribution in [0.15, 0.2) is 29.8 Å². The van der Waals surface area contributed by atoms with Crippen LogP contribution < -0.4 is 0 Å². The zero-order valence-corrected chi connectivity index (χ0v) is 10.9. The molecule has 1 nitrogen and oxygen atoms in total. The number of rotatable bonds is 3. The molecule has 0 aliphatic heterocycles. The zero-order chi connectivity index (χ0) is 12.2. The minimum atomic E-state index is 0.111. The van der Waals surface area contributed by atoms with Gasteiger partial charge in [-0.15, -0.1) is 0 Å². The van der Waals surface area contributed by atoms with Crippen LogP contribution in [0.2, 0.25) is 5.02 Å². The molecule has 0 atom stereocenters. The molecule has 2 heteroatoms. The standard InChI is InChI=1S/C14H19ClO/c1-14(2,3)9-12(10-16)8-11-4-6-13(15)7-5-11/h4-8,16H,9-10H2,1-3H3. The second-order valence-corrected chi connectivity index (χ2v) is 5.69. The molecular formula is C14H19ClO. The van der Waals surface area contributed by atoms with Gasteiger partial charge in [0.15, 0.2) is 0 Å². The van der Waals surface area contributed by atoms with Gasteiger partial charge in [-0.1, -0.05) is 50.6 Å². The lowest BCUT2D eigenvalue weighted by Gasteiger charge is -2.19. The van der Waals surface area contributed by atoms with Crippen molar-refractivity contribution in [1.82, 2.24) is 0 Å².